The highest BCUT2D eigenvalue weighted by Crippen LogP contribution is 2.34. The molecule has 4 aromatic rings. The van der Waals surface area contributed by atoms with Gasteiger partial charge in [-0.15, -0.1) is 11.3 Å². The molecule has 0 aliphatic heterocycles. The van der Waals surface area contributed by atoms with E-state index in [1.54, 1.807) is 11.8 Å². The van der Waals surface area contributed by atoms with Gasteiger partial charge in [0.15, 0.2) is 5.11 Å². The molecule has 0 unspecified atom stereocenters. The summed E-state index contributed by atoms with van der Waals surface area (Å²) in [6, 6.07) is 30.2. The van der Waals surface area contributed by atoms with Crippen molar-refractivity contribution in [3.63, 3.8) is 0 Å². The second kappa shape index (κ2) is 11.1. The van der Waals surface area contributed by atoms with Crippen LogP contribution >= 0.6 is 35.3 Å². The number of hydrogen-bond acceptors (Lipinski definition) is 5. The van der Waals surface area contributed by atoms with Crippen molar-refractivity contribution in [2.24, 2.45) is 0 Å². The summed E-state index contributed by atoms with van der Waals surface area (Å²) in [5.74, 6) is -0.393. The number of para-hydroxylation sites is 1. The van der Waals surface area contributed by atoms with E-state index in [1.165, 1.54) is 24.0 Å². The van der Waals surface area contributed by atoms with Crippen LogP contribution in [0.15, 0.2) is 101 Å². The van der Waals surface area contributed by atoms with Gasteiger partial charge in [-0.25, -0.2) is 4.79 Å². The van der Waals surface area contributed by atoms with Gasteiger partial charge in [-0.05, 0) is 48.1 Å². The molecule has 7 heteroatoms. The molecule has 166 valence electrons. The second-order valence-corrected chi connectivity index (χ2v) is 9.76. The molecule has 0 radical (unpaired) electrons. The molecule has 0 spiro atoms. The molecule has 33 heavy (non-hydrogen) atoms. The molecule has 0 aliphatic rings. The largest absolute Gasteiger partial charge is 0.465 e. The Morgan fingerprint density at radius 1 is 0.939 bits per heavy atom. The number of ether oxygens (including phenoxy) is 1. The number of hydrogen-bond donors (Lipinski definition) is 2. The third kappa shape index (κ3) is 6.22. The minimum atomic E-state index is -0.393. The highest BCUT2D eigenvalue weighted by atomic mass is 32.2. The number of carbonyl (C=O) groups excluding carboxylic acids is 1. The zero-order valence-corrected chi connectivity index (χ0v) is 20.4. The van der Waals surface area contributed by atoms with E-state index in [0.29, 0.717) is 15.7 Å². The van der Waals surface area contributed by atoms with E-state index in [2.05, 4.69) is 34.9 Å². The first-order chi connectivity index (χ1) is 16.1. The van der Waals surface area contributed by atoms with Crippen LogP contribution in [0.5, 0.6) is 0 Å². The first-order valence-corrected chi connectivity index (χ1v) is 12.3. The Morgan fingerprint density at radius 2 is 1.61 bits per heavy atom. The number of anilines is 2. The average Bonchev–Trinajstić information content (AvgIpc) is 3.23. The fourth-order valence-corrected chi connectivity index (χ4v) is 5.49. The van der Waals surface area contributed by atoms with Crippen LogP contribution in [0.1, 0.15) is 20.8 Å². The summed E-state index contributed by atoms with van der Waals surface area (Å²) in [5.41, 5.74) is 2.54. The third-order valence-corrected chi connectivity index (χ3v) is 7.08. The monoisotopic (exact) mass is 490 g/mol. The summed E-state index contributed by atoms with van der Waals surface area (Å²) >= 11 is 8.74. The maximum Gasteiger partial charge on any atom is 0.340 e. The van der Waals surface area contributed by atoms with Crippen molar-refractivity contribution in [1.29, 1.82) is 0 Å². The van der Waals surface area contributed by atoms with Gasteiger partial charge in [-0.1, -0.05) is 72.4 Å². The molecule has 4 nitrogen and oxygen atoms in total. The van der Waals surface area contributed by atoms with Crippen molar-refractivity contribution in [3.05, 3.63) is 107 Å². The number of rotatable bonds is 7. The molecular formula is C26H22N2O2S3. The zero-order valence-electron chi connectivity index (χ0n) is 17.9. The van der Waals surface area contributed by atoms with Crippen molar-refractivity contribution >= 4 is 57.1 Å². The summed E-state index contributed by atoms with van der Waals surface area (Å²) in [6.45, 7) is 0. The van der Waals surface area contributed by atoms with E-state index in [-0.39, 0.29) is 0 Å². The molecule has 2 N–H and O–H groups in total. The summed E-state index contributed by atoms with van der Waals surface area (Å²) in [5, 5.41) is 7.55. The van der Waals surface area contributed by atoms with Gasteiger partial charge in [-0.3, -0.25) is 0 Å². The third-order valence-electron chi connectivity index (χ3n) is 4.74. The number of nitrogens with one attached hydrogen (secondary N) is 2. The molecule has 0 bridgehead atoms. The van der Waals surface area contributed by atoms with Crippen molar-refractivity contribution in [1.82, 2.24) is 0 Å². The van der Waals surface area contributed by atoms with Crippen LogP contribution in [-0.2, 0) is 11.2 Å². The van der Waals surface area contributed by atoms with E-state index in [0.717, 1.165) is 26.8 Å². The Kier molecular flexibility index (Phi) is 7.78. The molecular weight excluding hydrogens is 468 g/mol. The molecule has 1 aromatic heterocycles. The van der Waals surface area contributed by atoms with E-state index in [1.807, 2.05) is 66.7 Å². The van der Waals surface area contributed by atoms with Crippen LogP contribution in [0.25, 0.3) is 0 Å². The minimum absolute atomic E-state index is 0.393. The number of benzene rings is 3. The van der Waals surface area contributed by atoms with Gasteiger partial charge in [0, 0.05) is 21.1 Å². The van der Waals surface area contributed by atoms with Gasteiger partial charge in [-0.2, -0.15) is 0 Å². The maximum atomic E-state index is 12.4. The normalized spacial score (nSPS) is 10.5. The summed E-state index contributed by atoms with van der Waals surface area (Å²) in [6.07, 6.45) is 0.730. The van der Waals surface area contributed by atoms with Gasteiger partial charge in [0.25, 0.3) is 0 Å². The second-order valence-electron chi connectivity index (χ2n) is 7.10. The van der Waals surface area contributed by atoms with E-state index < -0.39 is 5.97 Å². The number of carbonyl (C=O) groups is 1. The Hall–Kier alpha value is -3.13. The lowest BCUT2D eigenvalue weighted by atomic mass is 10.1. The highest BCUT2D eigenvalue weighted by Gasteiger charge is 2.18. The van der Waals surface area contributed by atoms with E-state index in [9.17, 15) is 4.79 Å². The Morgan fingerprint density at radius 3 is 2.33 bits per heavy atom. The number of thiophene rings is 1. The summed E-state index contributed by atoms with van der Waals surface area (Å²) < 4.78 is 4.99. The molecule has 0 saturated carbocycles. The van der Waals surface area contributed by atoms with Gasteiger partial charge in [0.1, 0.15) is 5.00 Å². The minimum Gasteiger partial charge on any atom is -0.465 e. The SMILES string of the molecule is COC(=O)c1cc(Cc2ccccc2)sc1NC(=S)Nc1ccccc1Sc1ccccc1. The fourth-order valence-electron chi connectivity index (χ4n) is 3.21. The van der Waals surface area contributed by atoms with Crippen molar-refractivity contribution in [2.45, 2.75) is 16.2 Å². The first-order valence-electron chi connectivity index (χ1n) is 10.3. The highest BCUT2D eigenvalue weighted by molar-refractivity contribution is 7.99. The first kappa shape index (κ1) is 23.0. The molecule has 0 aliphatic carbocycles. The summed E-state index contributed by atoms with van der Waals surface area (Å²) in [4.78, 5) is 15.6. The van der Waals surface area contributed by atoms with Crippen LogP contribution in [0.2, 0.25) is 0 Å². The smallest absolute Gasteiger partial charge is 0.340 e. The molecule has 0 saturated heterocycles. The Balaban J connectivity index is 1.51. The van der Waals surface area contributed by atoms with Crippen LogP contribution in [0.3, 0.4) is 0 Å². The molecule has 4 rings (SSSR count). The quantitative estimate of drug-likeness (QED) is 0.213. The number of thiocarbonyl (C=S) groups is 1. The Bertz CT molecular complexity index is 1240. The Labute approximate surface area is 207 Å². The van der Waals surface area contributed by atoms with E-state index >= 15 is 0 Å². The topological polar surface area (TPSA) is 50.4 Å². The van der Waals surface area contributed by atoms with Crippen LogP contribution < -0.4 is 10.6 Å². The lowest BCUT2D eigenvalue weighted by Crippen LogP contribution is -2.20. The molecule has 0 amide bonds. The van der Waals surface area contributed by atoms with E-state index in [4.69, 9.17) is 17.0 Å². The molecule has 0 atom stereocenters. The van der Waals surface area contributed by atoms with Crippen LogP contribution in [0, 0.1) is 0 Å². The molecule has 1 heterocycles. The maximum absolute atomic E-state index is 12.4. The van der Waals surface area contributed by atoms with Crippen LogP contribution in [-0.4, -0.2) is 18.2 Å². The van der Waals surface area contributed by atoms with Gasteiger partial charge in [0.05, 0.1) is 18.4 Å². The predicted molar refractivity (Wildman–Crippen MR) is 142 cm³/mol. The lowest BCUT2D eigenvalue weighted by molar-refractivity contribution is 0.0602. The summed E-state index contributed by atoms with van der Waals surface area (Å²) in [7, 11) is 1.38. The van der Waals surface area contributed by atoms with Gasteiger partial charge < -0.3 is 15.4 Å². The predicted octanol–water partition coefficient (Wildman–Crippen LogP) is 7.09. The van der Waals surface area contributed by atoms with Crippen molar-refractivity contribution in [3.8, 4) is 0 Å². The van der Waals surface area contributed by atoms with Crippen molar-refractivity contribution < 1.29 is 9.53 Å². The fraction of sp³-hybridized carbons (Fsp3) is 0.0769. The number of methoxy groups -OCH3 is 1. The average molecular weight is 491 g/mol. The van der Waals surface area contributed by atoms with Gasteiger partial charge >= 0.3 is 5.97 Å². The molecule has 3 aromatic carbocycles. The molecule has 0 fully saturated rings. The lowest BCUT2D eigenvalue weighted by Gasteiger charge is -2.14. The van der Waals surface area contributed by atoms with Crippen molar-refractivity contribution in [2.75, 3.05) is 17.7 Å². The van der Waals surface area contributed by atoms with Gasteiger partial charge in [0.2, 0.25) is 0 Å². The standard InChI is InChI=1S/C26H22N2O2S3/c1-30-25(29)21-17-20(16-18-10-4-2-5-11-18)33-24(21)28-26(31)27-22-14-8-9-15-23(22)32-19-12-6-3-7-13-19/h2-15,17H,16H2,1H3,(H2,27,28,31). The zero-order chi connectivity index (χ0) is 23.0. The van der Waals surface area contributed by atoms with Crippen LogP contribution in [0.4, 0.5) is 10.7 Å². The number of esters is 1.